The van der Waals surface area contributed by atoms with Crippen LogP contribution in [0.15, 0.2) is 72.9 Å². The molecule has 0 aliphatic heterocycles. The fraction of sp³-hybridized carbons (Fsp3) is 0.130. The van der Waals surface area contributed by atoms with E-state index in [4.69, 9.17) is 0 Å². The van der Waals surface area contributed by atoms with Crippen molar-refractivity contribution in [2.75, 3.05) is 0 Å². The third-order valence-electron chi connectivity index (χ3n) is 4.91. The molecule has 1 heterocycles. The van der Waals surface area contributed by atoms with E-state index in [0.29, 0.717) is 16.5 Å². The second-order valence-electron chi connectivity index (χ2n) is 6.96. The molecule has 4 rings (SSSR count). The molecule has 4 aromatic rings. The average molecular weight is 409 g/mol. The zero-order valence-corrected chi connectivity index (χ0v) is 16.1. The van der Waals surface area contributed by atoms with Crippen molar-refractivity contribution in [3.8, 4) is 5.69 Å². The predicted molar refractivity (Wildman–Crippen MR) is 108 cm³/mol. The van der Waals surface area contributed by atoms with Crippen LogP contribution >= 0.6 is 0 Å². The second kappa shape index (κ2) is 7.67. The van der Waals surface area contributed by atoms with Crippen LogP contribution in [0.1, 0.15) is 27.0 Å². The van der Waals surface area contributed by atoms with E-state index >= 15 is 0 Å². The number of rotatable bonds is 4. The third kappa shape index (κ3) is 3.78. The molecule has 152 valence electrons. The molecule has 0 radical (unpaired) electrons. The van der Waals surface area contributed by atoms with Crippen LogP contribution in [-0.2, 0) is 12.7 Å². The predicted octanol–water partition coefficient (Wildman–Crippen LogP) is 5.28. The number of nitrogens with zero attached hydrogens (tertiary/aromatic N) is 2. The summed E-state index contributed by atoms with van der Waals surface area (Å²) in [6, 6.07) is 18.0. The number of halogens is 3. The molecule has 0 spiro atoms. The topological polar surface area (TPSA) is 46.9 Å². The molecule has 0 aliphatic rings. The minimum absolute atomic E-state index is 0.00886. The SMILES string of the molecule is Cc1ccccc1-n1ncc2c(C(=O)NCc3cccc(C(F)(F)F)c3)cccc21. The van der Waals surface area contributed by atoms with Crippen molar-refractivity contribution < 1.29 is 18.0 Å². The fourth-order valence-corrected chi connectivity index (χ4v) is 3.38. The van der Waals surface area contributed by atoms with Gasteiger partial charge in [-0.3, -0.25) is 4.79 Å². The Kier molecular flexibility index (Phi) is 5.03. The Morgan fingerprint density at radius 3 is 2.57 bits per heavy atom. The van der Waals surface area contributed by atoms with E-state index < -0.39 is 11.7 Å². The number of aromatic nitrogens is 2. The van der Waals surface area contributed by atoms with E-state index in [0.717, 1.165) is 28.9 Å². The monoisotopic (exact) mass is 409 g/mol. The molecule has 4 nitrogen and oxygen atoms in total. The van der Waals surface area contributed by atoms with Crippen LogP contribution < -0.4 is 5.32 Å². The number of carbonyl (C=O) groups is 1. The Bertz CT molecular complexity index is 1230. The highest BCUT2D eigenvalue weighted by molar-refractivity contribution is 6.06. The minimum Gasteiger partial charge on any atom is -0.348 e. The summed E-state index contributed by atoms with van der Waals surface area (Å²) >= 11 is 0. The zero-order valence-electron chi connectivity index (χ0n) is 16.1. The summed E-state index contributed by atoms with van der Waals surface area (Å²) in [4.78, 5) is 12.8. The molecule has 3 aromatic carbocycles. The second-order valence-corrected chi connectivity index (χ2v) is 6.96. The first-order valence-corrected chi connectivity index (χ1v) is 9.31. The summed E-state index contributed by atoms with van der Waals surface area (Å²) < 4.78 is 40.4. The van der Waals surface area contributed by atoms with Gasteiger partial charge in [-0.25, -0.2) is 4.68 Å². The van der Waals surface area contributed by atoms with Crippen molar-refractivity contribution in [2.24, 2.45) is 0 Å². The third-order valence-corrected chi connectivity index (χ3v) is 4.91. The zero-order chi connectivity index (χ0) is 21.3. The van der Waals surface area contributed by atoms with Gasteiger partial charge in [0, 0.05) is 11.9 Å². The number of amides is 1. The van der Waals surface area contributed by atoms with Crippen LogP contribution in [0.2, 0.25) is 0 Å². The van der Waals surface area contributed by atoms with Gasteiger partial charge in [-0.2, -0.15) is 18.3 Å². The van der Waals surface area contributed by atoms with Gasteiger partial charge in [-0.05, 0) is 48.4 Å². The molecule has 1 aromatic heterocycles. The molecule has 0 fully saturated rings. The minimum atomic E-state index is -4.42. The Morgan fingerprint density at radius 2 is 1.80 bits per heavy atom. The number of benzene rings is 3. The summed E-state index contributed by atoms with van der Waals surface area (Å²) in [6.45, 7) is 1.97. The number of carbonyl (C=O) groups excluding carboxylic acids is 1. The highest BCUT2D eigenvalue weighted by atomic mass is 19.4. The Morgan fingerprint density at radius 1 is 1.03 bits per heavy atom. The fourth-order valence-electron chi connectivity index (χ4n) is 3.38. The van der Waals surface area contributed by atoms with Gasteiger partial charge < -0.3 is 5.32 Å². The van der Waals surface area contributed by atoms with Crippen molar-refractivity contribution in [1.82, 2.24) is 15.1 Å². The normalized spacial score (nSPS) is 11.6. The molecule has 1 amide bonds. The highest BCUT2D eigenvalue weighted by Crippen LogP contribution is 2.29. The smallest absolute Gasteiger partial charge is 0.348 e. The number of hydrogen-bond donors (Lipinski definition) is 1. The molecule has 7 heteroatoms. The molecule has 0 bridgehead atoms. The molecule has 1 N–H and O–H groups in total. The van der Waals surface area contributed by atoms with Crippen molar-refractivity contribution in [2.45, 2.75) is 19.6 Å². The highest BCUT2D eigenvalue weighted by Gasteiger charge is 2.30. The number of hydrogen-bond acceptors (Lipinski definition) is 2. The van der Waals surface area contributed by atoms with Crippen LogP contribution in [0.25, 0.3) is 16.6 Å². The van der Waals surface area contributed by atoms with E-state index in [2.05, 4.69) is 10.4 Å². The van der Waals surface area contributed by atoms with Crippen molar-refractivity contribution in [3.63, 3.8) is 0 Å². The number of para-hydroxylation sites is 1. The van der Waals surface area contributed by atoms with E-state index in [1.165, 1.54) is 6.07 Å². The number of fused-ring (bicyclic) bond motifs is 1. The maximum Gasteiger partial charge on any atom is 0.416 e. The number of aryl methyl sites for hydroxylation is 1. The Balaban J connectivity index is 1.60. The quantitative estimate of drug-likeness (QED) is 0.498. The number of nitrogens with one attached hydrogen (secondary N) is 1. The van der Waals surface area contributed by atoms with Crippen LogP contribution in [0.4, 0.5) is 13.2 Å². The van der Waals surface area contributed by atoms with Gasteiger partial charge in [0.25, 0.3) is 5.91 Å². The van der Waals surface area contributed by atoms with Crippen molar-refractivity contribution in [3.05, 3.63) is 95.2 Å². The van der Waals surface area contributed by atoms with E-state index in [-0.39, 0.29) is 12.5 Å². The van der Waals surface area contributed by atoms with Gasteiger partial charge in [0.05, 0.1) is 28.5 Å². The van der Waals surface area contributed by atoms with E-state index in [9.17, 15) is 18.0 Å². The summed E-state index contributed by atoms with van der Waals surface area (Å²) in [5, 5.41) is 7.81. The maximum atomic E-state index is 12.9. The molecule has 30 heavy (non-hydrogen) atoms. The van der Waals surface area contributed by atoms with E-state index in [1.54, 1.807) is 29.1 Å². The van der Waals surface area contributed by atoms with Crippen LogP contribution in [0, 0.1) is 6.92 Å². The lowest BCUT2D eigenvalue weighted by Gasteiger charge is -2.10. The van der Waals surface area contributed by atoms with Gasteiger partial charge >= 0.3 is 6.18 Å². The molecular formula is C23H18F3N3O. The van der Waals surface area contributed by atoms with E-state index in [1.807, 2.05) is 37.3 Å². The summed E-state index contributed by atoms with van der Waals surface area (Å²) in [5.74, 6) is -0.373. The molecule has 0 unspecified atom stereocenters. The average Bonchev–Trinajstić information content (AvgIpc) is 3.16. The van der Waals surface area contributed by atoms with Gasteiger partial charge in [0.1, 0.15) is 0 Å². The van der Waals surface area contributed by atoms with Gasteiger partial charge in [0.2, 0.25) is 0 Å². The van der Waals surface area contributed by atoms with Gasteiger partial charge in [0.15, 0.2) is 0 Å². The largest absolute Gasteiger partial charge is 0.416 e. The first-order valence-electron chi connectivity index (χ1n) is 9.31. The number of alkyl halides is 3. The molecular weight excluding hydrogens is 391 g/mol. The van der Waals surface area contributed by atoms with Crippen LogP contribution in [0.3, 0.4) is 0 Å². The lowest BCUT2D eigenvalue weighted by Crippen LogP contribution is -2.23. The van der Waals surface area contributed by atoms with Crippen molar-refractivity contribution in [1.29, 1.82) is 0 Å². The first-order chi connectivity index (χ1) is 14.3. The molecule has 0 atom stereocenters. The van der Waals surface area contributed by atoms with Gasteiger partial charge in [-0.1, -0.05) is 36.4 Å². The first kappa shape index (κ1) is 19.7. The Hall–Kier alpha value is -3.61. The van der Waals surface area contributed by atoms with Crippen LogP contribution in [0.5, 0.6) is 0 Å². The maximum absolute atomic E-state index is 12.9. The Labute approximate surface area is 171 Å². The van der Waals surface area contributed by atoms with Crippen LogP contribution in [-0.4, -0.2) is 15.7 Å². The van der Waals surface area contributed by atoms with Crippen molar-refractivity contribution >= 4 is 16.8 Å². The lowest BCUT2D eigenvalue weighted by molar-refractivity contribution is -0.137. The lowest BCUT2D eigenvalue weighted by atomic mass is 10.1. The molecule has 0 aliphatic carbocycles. The van der Waals surface area contributed by atoms with Gasteiger partial charge in [-0.15, -0.1) is 0 Å². The standard InChI is InChI=1S/C23H18F3N3O/c1-15-6-2-3-10-20(15)29-21-11-5-9-18(19(21)14-28-29)22(30)27-13-16-7-4-8-17(12-16)23(24,25)26/h2-12,14H,13H2,1H3,(H,27,30). The molecule has 0 saturated carbocycles. The summed E-state index contributed by atoms with van der Waals surface area (Å²) in [5.41, 5.74) is 2.78. The summed E-state index contributed by atoms with van der Waals surface area (Å²) in [7, 11) is 0. The molecule has 0 saturated heterocycles. The summed E-state index contributed by atoms with van der Waals surface area (Å²) in [6.07, 6.45) is -2.79.